The van der Waals surface area contributed by atoms with Crippen molar-refractivity contribution in [3.8, 4) is 0 Å². The Morgan fingerprint density at radius 3 is 2.22 bits per heavy atom. The fourth-order valence-corrected chi connectivity index (χ4v) is 5.19. The van der Waals surface area contributed by atoms with E-state index in [0.29, 0.717) is 18.4 Å². The smallest absolute Gasteiger partial charge is 0.313 e. The molecule has 0 amide bonds. The summed E-state index contributed by atoms with van der Waals surface area (Å²) in [5.74, 6) is 2.04. The number of rotatable bonds is 6. The molecule has 8 heteroatoms. The summed E-state index contributed by atoms with van der Waals surface area (Å²) in [5.41, 5.74) is -0.852. The van der Waals surface area contributed by atoms with Crippen LogP contribution in [0.1, 0.15) is 67.2 Å². The lowest BCUT2D eigenvalue weighted by atomic mass is 9.87. The van der Waals surface area contributed by atoms with Crippen LogP contribution in [0.3, 0.4) is 0 Å². The monoisotopic (exact) mass is 470 g/mol. The molecule has 2 saturated carbocycles. The minimum absolute atomic E-state index is 0.0779. The Morgan fingerprint density at radius 2 is 1.66 bits per heavy atom. The summed E-state index contributed by atoms with van der Waals surface area (Å²) in [6.07, 6.45) is 2.64. The van der Waals surface area contributed by atoms with E-state index in [1.807, 2.05) is 41.5 Å². The number of hydrogen-bond donors (Lipinski definition) is 0. The minimum Gasteiger partial charge on any atom is -0.458 e. The van der Waals surface area contributed by atoms with E-state index in [9.17, 15) is 14.4 Å². The second kappa shape index (κ2) is 9.92. The minimum atomic E-state index is -0.455. The normalized spacial score (nSPS) is 33.2. The third kappa shape index (κ3) is 5.27. The zero-order valence-electron chi connectivity index (χ0n) is 20.2. The van der Waals surface area contributed by atoms with E-state index >= 15 is 0 Å². The average Bonchev–Trinajstić information content (AvgIpc) is 3.40. The summed E-state index contributed by atoms with van der Waals surface area (Å²) in [4.78, 5) is 35.4. The van der Waals surface area contributed by atoms with Crippen LogP contribution in [-0.4, -0.2) is 54.5 Å². The first-order chi connectivity index (χ1) is 15.0. The molecule has 4 fully saturated rings. The van der Waals surface area contributed by atoms with Gasteiger partial charge in [0.2, 0.25) is 6.29 Å². The zero-order valence-corrected chi connectivity index (χ0v) is 21.0. The maximum atomic E-state index is 12.1. The topological polar surface area (TPSA) is 88.1 Å². The van der Waals surface area contributed by atoms with Gasteiger partial charge in [0.25, 0.3) is 0 Å². The summed E-state index contributed by atoms with van der Waals surface area (Å²) in [7, 11) is 0. The molecule has 0 spiro atoms. The van der Waals surface area contributed by atoms with Gasteiger partial charge in [0, 0.05) is 17.6 Å². The summed E-state index contributed by atoms with van der Waals surface area (Å²) >= 11 is 1.76. The van der Waals surface area contributed by atoms with Crippen molar-refractivity contribution in [2.45, 2.75) is 85.7 Å². The highest BCUT2D eigenvalue weighted by atomic mass is 32.2. The first-order valence-corrected chi connectivity index (χ1v) is 13.0. The van der Waals surface area contributed by atoms with Gasteiger partial charge in [-0.25, -0.2) is 0 Å². The quantitative estimate of drug-likeness (QED) is 0.426. The van der Waals surface area contributed by atoms with Gasteiger partial charge >= 0.3 is 17.9 Å². The van der Waals surface area contributed by atoms with Crippen molar-refractivity contribution in [2.75, 3.05) is 18.1 Å². The molecule has 0 N–H and O–H groups in total. The van der Waals surface area contributed by atoms with Crippen LogP contribution in [0.5, 0.6) is 0 Å². The van der Waals surface area contributed by atoms with Gasteiger partial charge in [0.15, 0.2) is 0 Å². The molecule has 32 heavy (non-hydrogen) atoms. The fraction of sp³-hybridized carbons (Fsp3) is 0.875. The molecule has 2 heterocycles. The number of ether oxygens (including phenoxy) is 4. The summed E-state index contributed by atoms with van der Waals surface area (Å²) in [6, 6.07) is 0. The van der Waals surface area contributed by atoms with Gasteiger partial charge in [0.1, 0.15) is 12.2 Å². The van der Waals surface area contributed by atoms with Gasteiger partial charge in [0.05, 0.1) is 29.1 Å². The van der Waals surface area contributed by atoms with Gasteiger partial charge < -0.3 is 18.9 Å². The summed E-state index contributed by atoms with van der Waals surface area (Å²) in [5, 5.41) is 0. The molecule has 182 valence electrons. The van der Waals surface area contributed by atoms with Crippen molar-refractivity contribution in [2.24, 2.45) is 28.6 Å². The van der Waals surface area contributed by atoms with Crippen LogP contribution in [0.15, 0.2) is 0 Å². The van der Waals surface area contributed by atoms with Crippen LogP contribution in [-0.2, 0) is 33.3 Å². The average molecular weight is 471 g/mol. The van der Waals surface area contributed by atoms with Gasteiger partial charge in [-0.1, -0.05) is 13.8 Å². The van der Waals surface area contributed by atoms with Crippen LogP contribution in [0.4, 0.5) is 0 Å². The van der Waals surface area contributed by atoms with E-state index < -0.39 is 10.8 Å². The highest BCUT2D eigenvalue weighted by molar-refractivity contribution is 7.99. The number of carbonyl (C=O) groups is 3. The molecular weight excluding hydrogens is 432 g/mol. The maximum Gasteiger partial charge on any atom is 0.313 e. The van der Waals surface area contributed by atoms with Crippen LogP contribution in [0.2, 0.25) is 0 Å². The highest BCUT2D eigenvalue weighted by Crippen LogP contribution is 2.55. The molecule has 0 radical (unpaired) electrons. The summed E-state index contributed by atoms with van der Waals surface area (Å²) in [6.45, 7) is 12.2. The van der Waals surface area contributed by atoms with E-state index in [1.165, 1.54) is 0 Å². The largest absolute Gasteiger partial charge is 0.458 e. The Hall–Kier alpha value is -1.28. The van der Waals surface area contributed by atoms with Crippen LogP contribution < -0.4 is 0 Å². The Morgan fingerprint density at radius 1 is 1.03 bits per heavy atom. The lowest BCUT2D eigenvalue weighted by Crippen LogP contribution is -2.39. The van der Waals surface area contributed by atoms with Crippen LogP contribution >= 0.6 is 11.8 Å². The van der Waals surface area contributed by atoms with Gasteiger partial charge in [-0.3, -0.25) is 14.4 Å². The molecule has 6 unspecified atom stereocenters. The zero-order chi connectivity index (χ0) is 23.7. The van der Waals surface area contributed by atoms with Crippen molar-refractivity contribution in [3.63, 3.8) is 0 Å². The Balaban J connectivity index is 0.000000188. The van der Waals surface area contributed by atoms with Crippen molar-refractivity contribution in [3.05, 3.63) is 0 Å². The van der Waals surface area contributed by atoms with Crippen LogP contribution in [0.25, 0.3) is 0 Å². The molecule has 2 saturated heterocycles. The van der Waals surface area contributed by atoms with Gasteiger partial charge in [-0.15, -0.1) is 0 Å². The SMILES string of the molecule is CCC(C)(C)C(=O)OC1C2CC3C(=O)OC1C3C2.CCC(C)(C)C(=O)OC1CSCCO1. The lowest BCUT2D eigenvalue weighted by molar-refractivity contribution is -0.183. The maximum absolute atomic E-state index is 12.1. The first kappa shape index (κ1) is 25.3. The molecule has 6 atom stereocenters. The van der Waals surface area contributed by atoms with Gasteiger partial charge in [-0.2, -0.15) is 11.8 Å². The number of thioether (sulfide) groups is 1. The molecule has 0 aromatic heterocycles. The predicted octanol–water partition coefficient (Wildman–Crippen LogP) is 3.97. The second-order valence-electron chi connectivity index (χ2n) is 10.5. The Bertz CT molecular complexity index is 713. The molecule has 2 aliphatic carbocycles. The fourth-order valence-electron chi connectivity index (χ4n) is 4.45. The van der Waals surface area contributed by atoms with Crippen molar-refractivity contribution in [1.82, 2.24) is 0 Å². The van der Waals surface area contributed by atoms with E-state index in [-0.39, 0.29) is 42.3 Å². The molecule has 4 aliphatic rings. The molecule has 0 aromatic carbocycles. The number of esters is 3. The molecule has 2 bridgehead atoms. The highest BCUT2D eigenvalue weighted by Gasteiger charge is 2.63. The second-order valence-corrected chi connectivity index (χ2v) is 11.7. The Labute approximate surface area is 195 Å². The predicted molar refractivity (Wildman–Crippen MR) is 121 cm³/mol. The molecule has 0 aromatic rings. The number of fused-ring (bicyclic) bond motifs is 1. The molecule has 7 nitrogen and oxygen atoms in total. The number of carbonyl (C=O) groups excluding carboxylic acids is 3. The number of hydrogen-bond acceptors (Lipinski definition) is 8. The van der Waals surface area contributed by atoms with Crippen LogP contribution in [0, 0.1) is 28.6 Å². The lowest BCUT2D eigenvalue weighted by Gasteiger charge is -2.29. The van der Waals surface area contributed by atoms with E-state index in [2.05, 4.69) is 0 Å². The van der Waals surface area contributed by atoms with Gasteiger partial charge in [-0.05, 0) is 53.4 Å². The Kier molecular flexibility index (Phi) is 7.85. The van der Waals surface area contributed by atoms with E-state index in [0.717, 1.165) is 37.2 Å². The summed E-state index contributed by atoms with van der Waals surface area (Å²) < 4.78 is 21.6. The molecule has 4 rings (SSSR count). The third-order valence-corrected chi connectivity index (χ3v) is 8.52. The van der Waals surface area contributed by atoms with Crippen molar-refractivity contribution in [1.29, 1.82) is 0 Å². The van der Waals surface area contributed by atoms with Crippen molar-refractivity contribution >= 4 is 29.7 Å². The molecular formula is C24H38O7S. The molecule has 2 aliphatic heterocycles. The van der Waals surface area contributed by atoms with E-state index in [1.54, 1.807) is 11.8 Å². The third-order valence-electron chi connectivity index (χ3n) is 7.55. The van der Waals surface area contributed by atoms with E-state index in [4.69, 9.17) is 18.9 Å². The van der Waals surface area contributed by atoms with Crippen molar-refractivity contribution < 1.29 is 33.3 Å². The first-order valence-electron chi connectivity index (χ1n) is 11.8. The standard InChI is InChI=1S/C14H20O4.C10H18O3S/c1-4-14(2,3)13(16)18-10-7-5-8-9(6-7)12(15)17-11(8)10;1-4-10(2,3)9(11)13-8-7-14-6-5-12-8/h7-11H,4-6H2,1-3H3;8H,4-7H2,1-3H3.